The number of amides is 1. The highest BCUT2D eigenvalue weighted by molar-refractivity contribution is 14.0. The van der Waals surface area contributed by atoms with Gasteiger partial charge in [0.1, 0.15) is 5.75 Å². The lowest BCUT2D eigenvalue weighted by Gasteiger charge is -2.25. The van der Waals surface area contributed by atoms with Crippen molar-refractivity contribution in [2.24, 2.45) is 4.99 Å². The number of nitrogens with zero attached hydrogens (tertiary/aromatic N) is 4. The molecule has 2 rings (SSSR count). The van der Waals surface area contributed by atoms with E-state index in [2.05, 4.69) is 17.2 Å². The number of hydrogen-bond acceptors (Lipinski definition) is 5. The molecule has 0 aliphatic carbocycles. The van der Waals surface area contributed by atoms with Gasteiger partial charge in [-0.2, -0.15) is 0 Å². The van der Waals surface area contributed by atoms with E-state index in [1.54, 1.807) is 37.4 Å². The molecular formula is C20H30IN5O2S. The van der Waals surface area contributed by atoms with Gasteiger partial charge >= 0.3 is 0 Å². The summed E-state index contributed by atoms with van der Waals surface area (Å²) in [6.07, 6.45) is 1.82. The van der Waals surface area contributed by atoms with E-state index in [1.165, 1.54) is 0 Å². The van der Waals surface area contributed by atoms with Crippen LogP contribution in [0.25, 0.3) is 0 Å². The van der Waals surface area contributed by atoms with E-state index in [9.17, 15) is 4.79 Å². The van der Waals surface area contributed by atoms with Gasteiger partial charge in [0.2, 0.25) is 5.91 Å². The molecule has 1 atom stereocenters. The Hall–Kier alpha value is -1.88. The fourth-order valence-electron chi connectivity index (χ4n) is 2.57. The monoisotopic (exact) mass is 531 g/mol. The van der Waals surface area contributed by atoms with Crippen LogP contribution in [0.1, 0.15) is 23.4 Å². The second kappa shape index (κ2) is 12.6. The first-order valence-corrected chi connectivity index (χ1v) is 10.0. The number of aliphatic imine (C=N–C) groups is 1. The zero-order valence-corrected chi connectivity index (χ0v) is 20.7. The van der Waals surface area contributed by atoms with Gasteiger partial charge in [-0.1, -0.05) is 19.1 Å². The van der Waals surface area contributed by atoms with Crippen LogP contribution >= 0.6 is 35.3 Å². The standard InChI is InChI=1S/C20H29N5O2S.HI/c1-15(19-21-10-11-28-19)14-25(4)20(23-13-18(26)24(2)3)22-12-16-6-8-17(27-5)9-7-16;/h6-11,15H,12-14H2,1-5H3,(H,22,23);1H. The zero-order chi connectivity index (χ0) is 20.5. The largest absolute Gasteiger partial charge is 0.497 e. The minimum atomic E-state index is -0.00137. The third-order valence-electron chi connectivity index (χ3n) is 4.25. The second-order valence-electron chi connectivity index (χ2n) is 6.78. The number of likely N-dealkylation sites (N-methyl/N-ethyl adjacent to an activating group) is 2. The normalized spacial score (nSPS) is 12.0. The van der Waals surface area contributed by atoms with Crippen molar-refractivity contribution in [2.45, 2.75) is 19.4 Å². The van der Waals surface area contributed by atoms with Crippen LogP contribution in [-0.4, -0.2) is 68.0 Å². The highest BCUT2D eigenvalue weighted by atomic mass is 127. The lowest BCUT2D eigenvalue weighted by Crippen LogP contribution is -2.44. The van der Waals surface area contributed by atoms with Crippen molar-refractivity contribution in [3.8, 4) is 5.75 Å². The second-order valence-corrected chi connectivity index (χ2v) is 7.71. The molecule has 7 nitrogen and oxygen atoms in total. The molecule has 0 aliphatic rings. The predicted molar refractivity (Wildman–Crippen MR) is 129 cm³/mol. The molecule has 0 bridgehead atoms. The summed E-state index contributed by atoms with van der Waals surface area (Å²) in [6, 6.07) is 7.82. The van der Waals surface area contributed by atoms with Crippen LogP contribution in [0.2, 0.25) is 0 Å². The number of carbonyl (C=O) groups excluding carboxylic acids is 1. The first-order chi connectivity index (χ1) is 13.4. The van der Waals surface area contributed by atoms with E-state index < -0.39 is 0 Å². The molecule has 0 saturated carbocycles. The number of hydrogen-bond donors (Lipinski definition) is 1. The van der Waals surface area contributed by atoms with Crippen molar-refractivity contribution < 1.29 is 9.53 Å². The molecule has 29 heavy (non-hydrogen) atoms. The molecule has 1 N–H and O–H groups in total. The number of benzene rings is 1. The Morgan fingerprint density at radius 3 is 2.52 bits per heavy atom. The maximum atomic E-state index is 12.0. The Balaban J connectivity index is 0.00000420. The number of ether oxygens (including phenoxy) is 1. The fraction of sp³-hybridized carbons (Fsp3) is 0.450. The first-order valence-electron chi connectivity index (χ1n) is 9.12. The number of aromatic nitrogens is 1. The highest BCUT2D eigenvalue weighted by Gasteiger charge is 2.15. The van der Waals surface area contributed by atoms with Gasteiger partial charge in [0, 0.05) is 45.2 Å². The van der Waals surface area contributed by atoms with Gasteiger partial charge in [-0.05, 0) is 17.7 Å². The van der Waals surface area contributed by atoms with Gasteiger partial charge in [0.15, 0.2) is 5.96 Å². The van der Waals surface area contributed by atoms with Crippen LogP contribution in [0, 0.1) is 0 Å². The molecule has 1 aromatic carbocycles. The molecule has 0 spiro atoms. The number of guanidine groups is 1. The number of halogens is 1. The molecule has 9 heteroatoms. The van der Waals surface area contributed by atoms with Gasteiger partial charge < -0.3 is 19.9 Å². The van der Waals surface area contributed by atoms with Crippen LogP contribution < -0.4 is 10.1 Å². The number of rotatable bonds is 8. The van der Waals surface area contributed by atoms with Crippen molar-refractivity contribution in [1.82, 2.24) is 20.1 Å². The summed E-state index contributed by atoms with van der Waals surface area (Å²) in [5.41, 5.74) is 1.07. The Morgan fingerprint density at radius 2 is 1.97 bits per heavy atom. The van der Waals surface area contributed by atoms with Crippen LogP contribution in [0.15, 0.2) is 40.8 Å². The van der Waals surface area contributed by atoms with Crippen molar-refractivity contribution in [1.29, 1.82) is 0 Å². The summed E-state index contributed by atoms with van der Waals surface area (Å²) in [5, 5.41) is 6.26. The van der Waals surface area contributed by atoms with Crippen LogP contribution in [0.5, 0.6) is 5.75 Å². The molecular weight excluding hydrogens is 501 g/mol. The first kappa shape index (κ1) is 25.2. The third kappa shape index (κ3) is 8.17. The Morgan fingerprint density at radius 1 is 1.28 bits per heavy atom. The van der Waals surface area contributed by atoms with E-state index in [4.69, 9.17) is 9.73 Å². The molecule has 0 aliphatic heterocycles. The van der Waals surface area contributed by atoms with E-state index in [1.807, 2.05) is 47.8 Å². The summed E-state index contributed by atoms with van der Waals surface area (Å²) in [4.78, 5) is 24.7. The summed E-state index contributed by atoms with van der Waals surface area (Å²) in [7, 11) is 7.11. The van der Waals surface area contributed by atoms with E-state index in [0.717, 1.165) is 22.9 Å². The SMILES string of the molecule is COc1ccc(CN=C(NCC(=O)N(C)C)N(C)CC(C)c2nccs2)cc1.I. The Bertz CT molecular complexity index is 766. The van der Waals surface area contributed by atoms with Crippen LogP contribution in [0.3, 0.4) is 0 Å². The molecule has 0 fully saturated rings. The van der Waals surface area contributed by atoms with Gasteiger partial charge in [-0.15, -0.1) is 35.3 Å². The molecule has 1 amide bonds. The third-order valence-corrected chi connectivity index (χ3v) is 5.26. The summed E-state index contributed by atoms with van der Waals surface area (Å²) in [6.45, 7) is 3.60. The smallest absolute Gasteiger partial charge is 0.241 e. The maximum Gasteiger partial charge on any atom is 0.241 e. The molecule has 0 saturated heterocycles. The van der Waals surface area contributed by atoms with Crippen molar-refractivity contribution in [3.05, 3.63) is 46.4 Å². The highest BCUT2D eigenvalue weighted by Crippen LogP contribution is 2.18. The van der Waals surface area contributed by atoms with Gasteiger partial charge in [0.25, 0.3) is 0 Å². The summed E-state index contributed by atoms with van der Waals surface area (Å²) < 4.78 is 5.20. The molecule has 1 aromatic heterocycles. The lowest BCUT2D eigenvalue weighted by atomic mass is 10.2. The lowest BCUT2D eigenvalue weighted by molar-refractivity contribution is -0.127. The molecule has 0 radical (unpaired) electrons. The van der Waals surface area contributed by atoms with Crippen LogP contribution in [0.4, 0.5) is 0 Å². The van der Waals surface area contributed by atoms with E-state index >= 15 is 0 Å². The quantitative estimate of drug-likeness (QED) is 0.322. The average Bonchev–Trinajstić information content (AvgIpc) is 3.23. The van der Waals surface area contributed by atoms with Crippen molar-refractivity contribution in [2.75, 3.05) is 41.3 Å². The Labute approximate surface area is 194 Å². The Kier molecular flexibility index (Phi) is 11.0. The summed E-state index contributed by atoms with van der Waals surface area (Å²) >= 11 is 1.65. The number of thiazole rings is 1. The van der Waals surface area contributed by atoms with Gasteiger partial charge in [-0.3, -0.25) is 4.79 Å². The van der Waals surface area contributed by atoms with Crippen LogP contribution in [-0.2, 0) is 11.3 Å². The number of nitrogens with one attached hydrogen (secondary N) is 1. The molecule has 2 aromatic rings. The van der Waals surface area contributed by atoms with E-state index in [-0.39, 0.29) is 42.3 Å². The summed E-state index contributed by atoms with van der Waals surface area (Å²) in [5.74, 6) is 1.77. The van der Waals surface area contributed by atoms with Crippen molar-refractivity contribution >= 4 is 47.2 Å². The van der Waals surface area contributed by atoms with Gasteiger partial charge in [-0.25, -0.2) is 9.98 Å². The number of methoxy groups -OCH3 is 1. The fourth-order valence-corrected chi connectivity index (χ4v) is 3.26. The topological polar surface area (TPSA) is 70.1 Å². The minimum absolute atomic E-state index is 0. The minimum Gasteiger partial charge on any atom is -0.497 e. The van der Waals surface area contributed by atoms with Crippen molar-refractivity contribution in [3.63, 3.8) is 0 Å². The molecule has 1 unspecified atom stereocenters. The average molecular weight is 531 g/mol. The van der Waals surface area contributed by atoms with E-state index in [0.29, 0.717) is 12.5 Å². The predicted octanol–water partition coefficient (Wildman–Crippen LogP) is 3.04. The maximum absolute atomic E-state index is 12.0. The molecule has 1 heterocycles. The zero-order valence-electron chi connectivity index (χ0n) is 17.6. The van der Waals surface area contributed by atoms with Gasteiger partial charge in [0.05, 0.1) is 25.2 Å². The molecule has 160 valence electrons. The number of carbonyl (C=O) groups is 1.